The van der Waals surface area contributed by atoms with Crippen LogP contribution in [0.5, 0.6) is 0 Å². The van der Waals surface area contributed by atoms with Crippen molar-refractivity contribution >= 4 is 11.6 Å². The van der Waals surface area contributed by atoms with Crippen molar-refractivity contribution in [1.82, 2.24) is 5.32 Å². The molecule has 0 aromatic rings. The Balaban J connectivity index is 1.69. The summed E-state index contributed by atoms with van der Waals surface area (Å²) in [5.74, 6) is 0. The monoisotopic (exact) mass is 130 g/mol. The standard InChI is InChI=1S/C6H9ClN/c7-5-3-6(5)8-4-1-2-4/h4,6,8H,1-3H2. The van der Waals surface area contributed by atoms with Crippen LogP contribution in [0.15, 0.2) is 0 Å². The fourth-order valence-electron chi connectivity index (χ4n) is 0.820. The molecule has 0 aromatic carbocycles. The van der Waals surface area contributed by atoms with Crippen LogP contribution in [-0.4, -0.2) is 12.1 Å². The first-order valence-corrected chi connectivity index (χ1v) is 3.51. The lowest BCUT2D eigenvalue weighted by Gasteiger charge is -1.94. The number of hydrogen-bond donors (Lipinski definition) is 1. The molecule has 2 rings (SSSR count). The predicted octanol–water partition coefficient (Wildman–Crippen LogP) is 1.28. The summed E-state index contributed by atoms with van der Waals surface area (Å²) in [6.07, 6.45) is 3.83. The molecule has 0 aliphatic heterocycles. The first kappa shape index (κ1) is 5.07. The highest BCUT2D eigenvalue weighted by Crippen LogP contribution is 2.39. The summed E-state index contributed by atoms with van der Waals surface area (Å²) in [7, 11) is 0. The second-order valence-corrected chi connectivity index (χ2v) is 3.13. The number of nitrogens with one attached hydrogen (secondary N) is 1. The van der Waals surface area contributed by atoms with Crippen LogP contribution in [-0.2, 0) is 0 Å². The summed E-state index contributed by atoms with van der Waals surface area (Å²) in [6, 6.07) is 1.40. The minimum absolute atomic E-state index is 0.587. The van der Waals surface area contributed by atoms with Crippen molar-refractivity contribution in [1.29, 1.82) is 0 Å². The topological polar surface area (TPSA) is 12.0 Å². The summed E-state index contributed by atoms with van der Waals surface area (Å²) in [5, 5.41) is 4.53. The highest BCUT2D eigenvalue weighted by atomic mass is 35.5. The molecule has 1 unspecified atom stereocenters. The lowest BCUT2D eigenvalue weighted by atomic mass is 10.6. The smallest absolute Gasteiger partial charge is 0.0822 e. The molecule has 0 aromatic heterocycles. The Hall–Kier alpha value is 0.250. The molecule has 45 valence electrons. The van der Waals surface area contributed by atoms with Crippen LogP contribution in [0.2, 0.25) is 0 Å². The van der Waals surface area contributed by atoms with E-state index in [4.69, 9.17) is 11.6 Å². The van der Waals surface area contributed by atoms with Gasteiger partial charge in [0.1, 0.15) is 0 Å². The number of hydrogen-bond acceptors (Lipinski definition) is 1. The van der Waals surface area contributed by atoms with Crippen LogP contribution in [0.3, 0.4) is 0 Å². The molecule has 0 heterocycles. The van der Waals surface area contributed by atoms with Crippen LogP contribution in [0.1, 0.15) is 19.3 Å². The number of halogens is 1. The van der Waals surface area contributed by atoms with Gasteiger partial charge in [-0.1, -0.05) is 0 Å². The van der Waals surface area contributed by atoms with Crippen molar-refractivity contribution in [2.75, 3.05) is 0 Å². The molecule has 8 heavy (non-hydrogen) atoms. The SMILES string of the molecule is Cl[C]1CC1NC1CC1. The van der Waals surface area contributed by atoms with Gasteiger partial charge in [-0.2, -0.15) is 0 Å². The van der Waals surface area contributed by atoms with E-state index in [1.54, 1.807) is 0 Å². The van der Waals surface area contributed by atoms with Gasteiger partial charge in [0.2, 0.25) is 0 Å². The molecular formula is C6H9ClN. The van der Waals surface area contributed by atoms with Crippen LogP contribution >= 0.6 is 11.6 Å². The fourth-order valence-corrected chi connectivity index (χ4v) is 1.04. The minimum Gasteiger partial charge on any atom is -0.309 e. The third kappa shape index (κ3) is 0.981. The largest absolute Gasteiger partial charge is 0.309 e. The molecule has 1 nitrogen and oxygen atoms in total. The quantitative estimate of drug-likeness (QED) is 0.594. The average Bonchev–Trinajstić information content (AvgIpc) is 2.52. The Bertz CT molecular complexity index is 101. The summed E-state index contributed by atoms with van der Waals surface area (Å²) in [4.78, 5) is 0. The Morgan fingerprint density at radius 3 is 2.50 bits per heavy atom. The summed E-state index contributed by atoms with van der Waals surface area (Å²) >= 11 is 5.68. The van der Waals surface area contributed by atoms with E-state index in [0.29, 0.717) is 6.04 Å². The zero-order chi connectivity index (χ0) is 5.56. The van der Waals surface area contributed by atoms with Crippen molar-refractivity contribution in [2.45, 2.75) is 31.3 Å². The van der Waals surface area contributed by atoms with Crippen LogP contribution in [0.4, 0.5) is 0 Å². The highest BCUT2D eigenvalue weighted by Gasteiger charge is 2.39. The van der Waals surface area contributed by atoms with Gasteiger partial charge in [0.05, 0.1) is 5.38 Å². The van der Waals surface area contributed by atoms with Crippen LogP contribution in [0, 0.1) is 5.38 Å². The molecule has 2 saturated carbocycles. The van der Waals surface area contributed by atoms with E-state index in [2.05, 4.69) is 5.32 Å². The Morgan fingerprint density at radius 1 is 1.50 bits per heavy atom. The molecule has 1 N–H and O–H groups in total. The second kappa shape index (κ2) is 1.61. The van der Waals surface area contributed by atoms with Crippen molar-refractivity contribution in [3.63, 3.8) is 0 Å². The van der Waals surface area contributed by atoms with Gasteiger partial charge in [0.15, 0.2) is 0 Å². The molecule has 1 radical (unpaired) electrons. The lowest BCUT2D eigenvalue weighted by Crippen LogP contribution is -2.18. The third-order valence-corrected chi connectivity index (χ3v) is 2.05. The van der Waals surface area contributed by atoms with Gasteiger partial charge < -0.3 is 5.32 Å². The van der Waals surface area contributed by atoms with Gasteiger partial charge in [0.25, 0.3) is 0 Å². The average molecular weight is 131 g/mol. The van der Waals surface area contributed by atoms with Gasteiger partial charge in [-0.3, -0.25) is 0 Å². The first-order chi connectivity index (χ1) is 3.86. The Morgan fingerprint density at radius 2 is 2.12 bits per heavy atom. The molecule has 2 heteroatoms. The van der Waals surface area contributed by atoms with E-state index in [1.807, 2.05) is 0 Å². The Labute approximate surface area is 54.4 Å². The van der Waals surface area contributed by atoms with Crippen LogP contribution < -0.4 is 5.32 Å². The zero-order valence-electron chi connectivity index (χ0n) is 4.65. The third-order valence-electron chi connectivity index (χ3n) is 1.63. The number of rotatable bonds is 2. The molecule has 2 aliphatic carbocycles. The summed E-state index contributed by atoms with van der Waals surface area (Å²) < 4.78 is 0. The van der Waals surface area contributed by atoms with Gasteiger partial charge in [-0.05, 0) is 19.3 Å². The van der Waals surface area contributed by atoms with Gasteiger partial charge in [0, 0.05) is 12.1 Å². The Kier molecular flexibility index (Phi) is 1.02. The van der Waals surface area contributed by atoms with Crippen molar-refractivity contribution < 1.29 is 0 Å². The highest BCUT2D eigenvalue weighted by molar-refractivity contribution is 6.30. The normalized spacial score (nSPS) is 37.9. The van der Waals surface area contributed by atoms with Crippen molar-refractivity contribution in [3.05, 3.63) is 5.38 Å². The van der Waals surface area contributed by atoms with Crippen molar-refractivity contribution in [3.8, 4) is 0 Å². The van der Waals surface area contributed by atoms with Gasteiger partial charge >= 0.3 is 0 Å². The van der Waals surface area contributed by atoms with Gasteiger partial charge in [-0.25, -0.2) is 0 Å². The fraction of sp³-hybridized carbons (Fsp3) is 0.833. The van der Waals surface area contributed by atoms with Crippen molar-refractivity contribution in [2.24, 2.45) is 0 Å². The minimum atomic E-state index is 0.587. The van der Waals surface area contributed by atoms with E-state index < -0.39 is 0 Å². The van der Waals surface area contributed by atoms with E-state index in [0.717, 1.165) is 17.8 Å². The van der Waals surface area contributed by atoms with E-state index in [9.17, 15) is 0 Å². The van der Waals surface area contributed by atoms with E-state index in [1.165, 1.54) is 12.8 Å². The first-order valence-electron chi connectivity index (χ1n) is 3.13. The van der Waals surface area contributed by atoms with Crippen LogP contribution in [0.25, 0.3) is 0 Å². The zero-order valence-corrected chi connectivity index (χ0v) is 5.41. The lowest BCUT2D eigenvalue weighted by molar-refractivity contribution is 0.693. The molecule has 2 fully saturated rings. The molecular weight excluding hydrogens is 122 g/mol. The van der Waals surface area contributed by atoms with Gasteiger partial charge in [-0.15, -0.1) is 11.6 Å². The second-order valence-electron chi connectivity index (χ2n) is 2.64. The predicted molar refractivity (Wildman–Crippen MR) is 33.7 cm³/mol. The molecule has 0 saturated heterocycles. The summed E-state index contributed by atoms with van der Waals surface area (Å²) in [5.41, 5.74) is 0. The maximum atomic E-state index is 5.68. The van der Waals surface area contributed by atoms with E-state index >= 15 is 0 Å². The maximum absolute atomic E-state index is 5.68. The van der Waals surface area contributed by atoms with E-state index in [-0.39, 0.29) is 0 Å². The molecule has 2 aliphatic rings. The molecule has 0 amide bonds. The molecule has 1 atom stereocenters. The summed E-state index contributed by atoms with van der Waals surface area (Å²) in [6.45, 7) is 0. The molecule has 0 bridgehead atoms. The molecule has 0 spiro atoms. The maximum Gasteiger partial charge on any atom is 0.0822 e.